The molecule has 3 aromatic rings. The van der Waals surface area contributed by atoms with E-state index in [1.165, 1.54) is 6.20 Å². The van der Waals surface area contributed by atoms with Gasteiger partial charge in [0.15, 0.2) is 0 Å². The molecule has 1 amide bonds. The molecule has 3 N–H and O–H groups in total. The molecule has 3 rings (SSSR count). The third kappa shape index (κ3) is 3.44. The van der Waals surface area contributed by atoms with Crippen LogP contribution in [0, 0.1) is 11.3 Å². The Labute approximate surface area is 149 Å². The topological polar surface area (TPSA) is 91.8 Å². The van der Waals surface area contributed by atoms with E-state index < -0.39 is 5.91 Å². The van der Waals surface area contributed by atoms with Gasteiger partial charge in [-0.3, -0.25) is 4.79 Å². The molecule has 0 spiro atoms. The molecule has 0 aliphatic rings. The average Bonchev–Trinajstić information content (AvgIpc) is 2.63. The van der Waals surface area contributed by atoms with Gasteiger partial charge in [-0.05, 0) is 23.8 Å². The van der Waals surface area contributed by atoms with Crippen LogP contribution in [0.25, 0.3) is 11.1 Å². The molecule has 0 radical (unpaired) electrons. The van der Waals surface area contributed by atoms with Crippen LogP contribution in [0.3, 0.4) is 0 Å². The molecule has 0 saturated heterocycles. The number of nitrogen functional groups attached to an aromatic ring is 1. The van der Waals surface area contributed by atoms with E-state index in [9.17, 15) is 10.1 Å². The van der Waals surface area contributed by atoms with Crippen LogP contribution in [0.15, 0.2) is 60.8 Å². The van der Waals surface area contributed by atoms with E-state index in [0.717, 1.165) is 5.56 Å². The van der Waals surface area contributed by atoms with Crippen LogP contribution >= 0.6 is 11.6 Å². The van der Waals surface area contributed by atoms with E-state index in [1.54, 1.807) is 24.3 Å². The molecule has 0 aliphatic carbocycles. The van der Waals surface area contributed by atoms with Crippen LogP contribution in [0.5, 0.6) is 0 Å². The van der Waals surface area contributed by atoms with Gasteiger partial charge in [0.1, 0.15) is 11.9 Å². The lowest BCUT2D eigenvalue weighted by Gasteiger charge is -2.13. The summed E-state index contributed by atoms with van der Waals surface area (Å²) in [5, 5.41) is 12.4. The monoisotopic (exact) mass is 348 g/mol. The molecule has 5 nitrogen and oxygen atoms in total. The number of rotatable bonds is 3. The fraction of sp³-hybridized carbons (Fsp3) is 0. The third-order valence-electron chi connectivity index (χ3n) is 3.65. The minimum atomic E-state index is -0.498. The minimum absolute atomic E-state index is 0.126. The number of anilines is 2. The first-order chi connectivity index (χ1) is 12.1. The number of nitrogens with one attached hydrogen (secondary N) is 1. The SMILES string of the molecule is N#Cc1ccc(-c2ccccc2)c(N)c1C(=O)Nc1ccc(Cl)cn1. The normalized spacial score (nSPS) is 10.1. The van der Waals surface area contributed by atoms with Crippen molar-refractivity contribution in [3.05, 3.63) is 76.9 Å². The van der Waals surface area contributed by atoms with Gasteiger partial charge in [-0.25, -0.2) is 4.98 Å². The van der Waals surface area contributed by atoms with Crippen molar-refractivity contribution in [3.63, 3.8) is 0 Å². The van der Waals surface area contributed by atoms with Gasteiger partial charge >= 0.3 is 0 Å². The highest BCUT2D eigenvalue weighted by atomic mass is 35.5. The zero-order valence-corrected chi connectivity index (χ0v) is 13.8. The van der Waals surface area contributed by atoms with E-state index in [2.05, 4.69) is 10.3 Å². The van der Waals surface area contributed by atoms with E-state index in [1.807, 2.05) is 36.4 Å². The molecule has 122 valence electrons. The highest BCUT2D eigenvalue weighted by Crippen LogP contribution is 2.31. The number of benzene rings is 2. The second kappa shape index (κ2) is 7.04. The maximum Gasteiger partial charge on any atom is 0.260 e. The lowest BCUT2D eigenvalue weighted by Crippen LogP contribution is -2.17. The second-order valence-corrected chi connectivity index (χ2v) is 5.68. The molecule has 1 heterocycles. The summed E-state index contributed by atoms with van der Waals surface area (Å²) in [7, 11) is 0. The Kier molecular flexibility index (Phi) is 4.64. The highest BCUT2D eigenvalue weighted by Gasteiger charge is 2.19. The number of pyridine rings is 1. The average molecular weight is 349 g/mol. The van der Waals surface area contributed by atoms with Gasteiger partial charge in [-0.2, -0.15) is 5.26 Å². The Hall–Kier alpha value is -3.36. The van der Waals surface area contributed by atoms with Crippen LogP contribution in [0.2, 0.25) is 5.02 Å². The zero-order chi connectivity index (χ0) is 17.8. The third-order valence-corrected chi connectivity index (χ3v) is 3.87. The molecule has 0 atom stereocenters. The number of halogens is 1. The van der Waals surface area contributed by atoms with E-state index >= 15 is 0 Å². The summed E-state index contributed by atoms with van der Waals surface area (Å²) in [5.74, 6) is -0.176. The molecule has 6 heteroatoms. The predicted octanol–water partition coefficient (Wildman–Crippen LogP) is 4.11. The highest BCUT2D eigenvalue weighted by molar-refractivity contribution is 6.30. The number of nitrogens with two attached hydrogens (primary N) is 1. The zero-order valence-electron chi connectivity index (χ0n) is 13.0. The standard InChI is InChI=1S/C19H13ClN4O/c20-14-7-9-16(23-11-14)24-19(25)17-13(10-21)6-8-15(18(17)22)12-4-2-1-3-5-12/h1-9,11H,22H2,(H,23,24,25). The Morgan fingerprint density at radius 3 is 2.52 bits per heavy atom. The van der Waals surface area contributed by atoms with Gasteiger partial charge in [-0.15, -0.1) is 0 Å². The van der Waals surface area contributed by atoms with Crippen molar-refractivity contribution in [2.24, 2.45) is 0 Å². The van der Waals surface area contributed by atoms with Gasteiger partial charge in [-0.1, -0.05) is 48.0 Å². The fourth-order valence-corrected chi connectivity index (χ4v) is 2.57. The Morgan fingerprint density at radius 1 is 1.12 bits per heavy atom. The summed E-state index contributed by atoms with van der Waals surface area (Å²) >= 11 is 5.79. The largest absolute Gasteiger partial charge is 0.398 e. The fourth-order valence-electron chi connectivity index (χ4n) is 2.46. The molecular weight excluding hydrogens is 336 g/mol. The number of carbonyl (C=O) groups is 1. The van der Waals surface area contributed by atoms with Gasteiger partial charge in [0.25, 0.3) is 5.91 Å². The molecule has 25 heavy (non-hydrogen) atoms. The number of aromatic nitrogens is 1. The van der Waals surface area contributed by atoms with Gasteiger partial charge < -0.3 is 11.1 Å². The molecule has 0 aliphatic heterocycles. The summed E-state index contributed by atoms with van der Waals surface area (Å²) in [6.07, 6.45) is 1.42. The van der Waals surface area contributed by atoms with Crippen LogP contribution in [0.1, 0.15) is 15.9 Å². The Morgan fingerprint density at radius 2 is 1.88 bits per heavy atom. The molecule has 0 unspecified atom stereocenters. The van der Waals surface area contributed by atoms with Crippen molar-refractivity contribution >= 4 is 29.0 Å². The van der Waals surface area contributed by atoms with Crippen molar-refractivity contribution in [1.29, 1.82) is 5.26 Å². The van der Waals surface area contributed by atoms with Gasteiger partial charge in [0, 0.05) is 11.8 Å². The molecule has 1 aromatic heterocycles. The first kappa shape index (κ1) is 16.5. The second-order valence-electron chi connectivity index (χ2n) is 5.24. The maximum absolute atomic E-state index is 12.7. The first-order valence-corrected chi connectivity index (χ1v) is 7.79. The lowest BCUT2D eigenvalue weighted by molar-refractivity contribution is 0.102. The quantitative estimate of drug-likeness (QED) is 0.697. The van der Waals surface area contributed by atoms with Crippen LogP contribution in [-0.4, -0.2) is 10.9 Å². The van der Waals surface area contributed by atoms with Gasteiger partial charge in [0.2, 0.25) is 0 Å². The van der Waals surface area contributed by atoms with E-state index in [-0.39, 0.29) is 16.8 Å². The predicted molar refractivity (Wildman–Crippen MR) is 98.2 cm³/mol. The van der Waals surface area contributed by atoms with Gasteiger partial charge in [0.05, 0.1) is 21.8 Å². The summed E-state index contributed by atoms with van der Waals surface area (Å²) < 4.78 is 0. The Bertz CT molecular complexity index is 963. The number of nitriles is 1. The summed E-state index contributed by atoms with van der Waals surface area (Å²) in [6, 6.07) is 17.9. The van der Waals surface area contributed by atoms with Crippen molar-refractivity contribution in [1.82, 2.24) is 4.98 Å². The van der Waals surface area contributed by atoms with E-state index in [0.29, 0.717) is 16.4 Å². The van der Waals surface area contributed by atoms with Crippen molar-refractivity contribution < 1.29 is 4.79 Å². The molecule has 2 aromatic carbocycles. The Balaban J connectivity index is 2.03. The number of hydrogen-bond acceptors (Lipinski definition) is 4. The summed E-state index contributed by atoms with van der Waals surface area (Å²) in [5.41, 5.74) is 8.34. The number of carbonyl (C=O) groups excluding carboxylic acids is 1. The van der Waals surface area contributed by atoms with E-state index in [4.69, 9.17) is 17.3 Å². The number of amides is 1. The maximum atomic E-state index is 12.7. The van der Waals surface area contributed by atoms with Crippen molar-refractivity contribution in [2.75, 3.05) is 11.1 Å². The van der Waals surface area contributed by atoms with Crippen LogP contribution in [0.4, 0.5) is 11.5 Å². The van der Waals surface area contributed by atoms with Crippen LogP contribution < -0.4 is 11.1 Å². The van der Waals surface area contributed by atoms with Crippen molar-refractivity contribution in [2.45, 2.75) is 0 Å². The lowest BCUT2D eigenvalue weighted by atomic mass is 9.96. The van der Waals surface area contributed by atoms with Crippen LogP contribution in [-0.2, 0) is 0 Å². The first-order valence-electron chi connectivity index (χ1n) is 7.41. The number of hydrogen-bond donors (Lipinski definition) is 2. The molecule has 0 fully saturated rings. The molecule has 0 saturated carbocycles. The molecule has 0 bridgehead atoms. The minimum Gasteiger partial charge on any atom is -0.398 e. The summed E-state index contributed by atoms with van der Waals surface area (Å²) in [4.78, 5) is 16.7. The smallest absolute Gasteiger partial charge is 0.260 e. The summed E-state index contributed by atoms with van der Waals surface area (Å²) in [6.45, 7) is 0. The molecular formula is C19H13ClN4O. The number of nitrogens with zero attached hydrogens (tertiary/aromatic N) is 2. The van der Waals surface area contributed by atoms with Crippen molar-refractivity contribution in [3.8, 4) is 17.2 Å².